The Morgan fingerprint density at radius 3 is 0.928 bits per heavy atom. The first kappa shape index (κ1) is 44.5. The summed E-state index contributed by atoms with van der Waals surface area (Å²) in [4.78, 5) is 0. The quantitative estimate of drug-likeness (QED) is 0.160. The molecule has 11 rings (SSSR count). The van der Waals surface area contributed by atoms with Gasteiger partial charge in [-0.2, -0.15) is 0 Å². The van der Waals surface area contributed by atoms with Gasteiger partial charge < -0.3 is 4.42 Å². The fourth-order valence-electron chi connectivity index (χ4n) is 10.9. The zero-order chi connectivity index (χ0) is 48.4. The van der Waals surface area contributed by atoms with Crippen LogP contribution in [0.3, 0.4) is 0 Å². The summed E-state index contributed by atoms with van der Waals surface area (Å²) in [7, 11) is 0. The van der Waals surface area contributed by atoms with Gasteiger partial charge in [-0.05, 0) is 133 Å². The Labute approximate surface area is 408 Å². The van der Waals surface area contributed by atoms with Crippen LogP contribution in [0.2, 0.25) is 0 Å². The van der Waals surface area contributed by atoms with E-state index in [-0.39, 0.29) is 21.7 Å². The van der Waals surface area contributed by atoms with Crippen LogP contribution in [0.25, 0.3) is 110 Å². The van der Waals surface area contributed by atoms with E-state index in [1.54, 1.807) is 0 Å². The van der Waals surface area contributed by atoms with E-state index in [1.807, 2.05) is 0 Å². The largest absolute Gasteiger partial charge is 0.455 e. The van der Waals surface area contributed by atoms with Crippen molar-refractivity contribution in [2.24, 2.45) is 0 Å². The molecule has 10 aromatic carbocycles. The van der Waals surface area contributed by atoms with Crippen molar-refractivity contribution in [3.8, 4) is 44.5 Å². The second-order valence-electron chi connectivity index (χ2n) is 23.8. The Morgan fingerprint density at radius 1 is 0.261 bits per heavy atom. The third-order valence-corrected chi connectivity index (χ3v) is 14.8. The van der Waals surface area contributed by atoms with E-state index < -0.39 is 0 Å². The lowest BCUT2D eigenvalue weighted by molar-refractivity contribution is 0.568. The molecular weight excluding hydrogens is 833 g/mol. The molecule has 1 heteroatoms. The van der Waals surface area contributed by atoms with E-state index >= 15 is 0 Å². The highest BCUT2D eigenvalue weighted by molar-refractivity contribution is 6.25. The van der Waals surface area contributed by atoms with Crippen molar-refractivity contribution in [1.29, 1.82) is 0 Å². The first-order valence-electron chi connectivity index (χ1n) is 24.9. The van der Waals surface area contributed by atoms with Gasteiger partial charge in [-0.25, -0.2) is 0 Å². The molecule has 0 aliphatic carbocycles. The number of hydrogen-bond acceptors (Lipinski definition) is 1. The molecule has 0 saturated heterocycles. The number of fused-ring (bicyclic) bond motifs is 7. The standard InChI is InChI=1S/C68H64O/c1-65(2,3)44-34-42(35-45(39-44)66(4,5)6)61-50-24-15-13-22-48(50)60(49-23-14-16-25-51(49)61)41-32-33-59-58(38-41)56-30-21-31-57(64(56)69-59)63-54-28-19-17-26-52(54)62(53-27-18-20-29-55(53)63)43-36-46(67(7,8)9)40-47(37-43)68(10,11)12/h13-40H,1-12H3. The van der Waals surface area contributed by atoms with E-state index in [9.17, 15) is 0 Å². The van der Waals surface area contributed by atoms with E-state index in [0.717, 1.165) is 27.5 Å². The number of hydrogen-bond donors (Lipinski definition) is 0. The van der Waals surface area contributed by atoms with Crippen LogP contribution in [0.4, 0.5) is 0 Å². The average molecular weight is 897 g/mol. The molecule has 342 valence electrons. The maximum absolute atomic E-state index is 7.08. The Morgan fingerprint density at radius 2 is 0.580 bits per heavy atom. The summed E-state index contributed by atoms with van der Waals surface area (Å²) in [6.07, 6.45) is 0. The summed E-state index contributed by atoms with van der Waals surface area (Å²) in [6, 6.07) is 64.2. The smallest absolute Gasteiger partial charge is 0.143 e. The van der Waals surface area contributed by atoms with Gasteiger partial charge in [0.1, 0.15) is 11.2 Å². The number of benzene rings is 10. The number of para-hydroxylation sites is 1. The van der Waals surface area contributed by atoms with Crippen molar-refractivity contribution in [2.75, 3.05) is 0 Å². The highest BCUT2D eigenvalue weighted by Crippen LogP contribution is 2.50. The lowest BCUT2D eigenvalue weighted by Gasteiger charge is -2.27. The maximum atomic E-state index is 7.08. The molecule has 69 heavy (non-hydrogen) atoms. The molecule has 1 heterocycles. The molecule has 0 aliphatic rings. The van der Waals surface area contributed by atoms with Gasteiger partial charge in [0, 0.05) is 21.9 Å². The van der Waals surface area contributed by atoms with Gasteiger partial charge in [-0.3, -0.25) is 0 Å². The summed E-state index contributed by atoms with van der Waals surface area (Å²) in [5.74, 6) is 0. The van der Waals surface area contributed by atoms with Gasteiger partial charge in [0.25, 0.3) is 0 Å². The first-order chi connectivity index (χ1) is 32.8. The van der Waals surface area contributed by atoms with Gasteiger partial charge in [0.15, 0.2) is 0 Å². The summed E-state index contributed by atoms with van der Waals surface area (Å²) in [5, 5.41) is 12.2. The zero-order valence-corrected chi connectivity index (χ0v) is 42.6. The molecular formula is C68H64O. The minimum absolute atomic E-state index is 0.00286. The van der Waals surface area contributed by atoms with Crippen LogP contribution >= 0.6 is 0 Å². The summed E-state index contributed by atoms with van der Waals surface area (Å²) in [6.45, 7) is 27.9. The monoisotopic (exact) mass is 896 g/mol. The third-order valence-electron chi connectivity index (χ3n) is 14.8. The molecule has 0 fully saturated rings. The fraction of sp³-hybridized carbons (Fsp3) is 0.235. The molecule has 0 bridgehead atoms. The summed E-state index contributed by atoms with van der Waals surface area (Å²) < 4.78 is 7.08. The molecule has 0 radical (unpaired) electrons. The summed E-state index contributed by atoms with van der Waals surface area (Å²) in [5.41, 5.74) is 17.1. The van der Waals surface area contributed by atoms with Crippen LogP contribution in [0, 0.1) is 0 Å². The van der Waals surface area contributed by atoms with Gasteiger partial charge in [0.05, 0.1) is 0 Å². The average Bonchev–Trinajstić information content (AvgIpc) is 3.69. The third kappa shape index (κ3) is 7.53. The van der Waals surface area contributed by atoms with Crippen molar-refractivity contribution in [1.82, 2.24) is 0 Å². The van der Waals surface area contributed by atoms with Crippen LogP contribution in [-0.2, 0) is 21.7 Å². The van der Waals surface area contributed by atoms with E-state index in [4.69, 9.17) is 4.42 Å². The van der Waals surface area contributed by atoms with E-state index in [1.165, 1.54) is 104 Å². The number of furan rings is 1. The highest BCUT2D eigenvalue weighted by Gasteiger charge is 2.27. The van der Waals surface area contributed by atoms with Crippen LogP contribution in [0.5, 0.6) is 0 Å². The van der Waals surface area contributed by atoms with Crippen molar-refractivity contribution in [3.05, 3.63) is 192 Å². The van der Waals surface area contributed by atoms with Crippen molar-refractivity contribution in [2.45, 2.75) is 105 Å². The predicted molar refractivity (Wildman–Crippen MR) is 300 cm³/mol. The molecule has 1 aromatic heterocycles. The number of rotatable bonds is 4. The minimum atomic E-state index is -0.00286. The van der Waals surface area contributed by atoms with Gasteiger partial charge in [0.2, 0.25) is 0 Å². The molecule has 0 atom stereocenters. The molecule has 0 unspecified atom stereocenters. The van der Waals surface area contributed by atoms with Crippen LogP contribution < -0.4 is 0 Å². The summed E-state index contributed by atoms with van der Waals surface area (Å²) >= 11 is 0. The second kappa shape index (κ2) is 15.8. The van der Waals surface area contributed by atoms with E-state index in [2.05, 4.69) is 253 Å². The lowest BCUT2D eigenvalue weighted by atomic mass is 9.77. The Hall–Kier alpha value is -6.96. The highest BCUT2D eigenvalue weighted by atomic mass is 16.3. The van der Waals surface area contributed by atoms with Crippen LogP contribution in [0.15, 0.2) is 174 Å². The molecule has 1 nitrogen and oxygen atoms in total. The maximum Gasteiger partial charge on any atom is 0.143 e. The van der Waals surface area contributed by atoms with Crippen molar-refractivity contribution < 1.29 is 4.42 Å². The SMILES string of the molecule is CC(C)(C)c1cc(-c2c3ccccc3c(-c3ccc4oc5c(-c6c7ccccc7c(-c7cc(C(C)(C)C)cc(C(C)(C)C)c7)c7ccccc67)cccc5c4c3)c3ccccc23)cc(C(C)(C)C)c1. The fourth-order valence-corrected chi connectivity index (χ4v) is 10.9. The van der Waals surface area contributed by atoms with Crippen LogP contribution in [0.1, 0.15) is 105 Å². The van der Waals surface area contributed by atoms with Gasteiger partial charge >= 0.3 is 0 Å². The second-order valence-corrected chi connectivity index (χ2v) is 23.8. The first-order valence-corrected chi connectivity index (χ1v) is 24.9. The molecule has 0 spiro atoms. The molecule has 0 saturated carbocycles. The van der Waals surface area contributed by atoms with E-state index in [0.29, 0.717) is 0 Å². The Bertz CT molecular complexity index is 3680. The Kier molecular flexibility index (Phi) is 10.2. The predicted octanol–water partition coefficient (Wildman–Crippen LogP) is 20.1. The van der Waals surface area contributed by atoms with Crippen LogP contribution in [-0.4, -0.2) is 0 Å². The Balaban J connectivity index is 1.14. The minimum Gasteiger partial charge on any atom is -0.455 e. The van der Waals surface area contributed by atoms with Crippen molar-refractivity contribution in [3.63, 3.8) is 0 Å². The normalized spacial score (nSPS) is 12.9. The molecule has 0 aliphatic heterocycles. The zero-order valence-electron chi connectivity index (χ0n) is 42.6. The topological polar surface area (TPSA) is 13.1 Å². The van der Waals surface area contributed by atoms with Crippen molar-refractivity contribution >= 4 is 65.0 Å². The molecule has 11 aromatic rings. The molecule has 0 amide bonds. The van der Waals surface area contributed by atoms with Gasteiger partial charge in [-0.1, -0.05) is 241 Å². The lowest BCUT2D eigenvalue weighted by Crippen LogP contribution is -2.16. The van der Waals surface area contributed by atoms with Gasteiger partial charge in [-0.15, -0.1) is 0 Å². The molecule has 0 N–H and O–H groups in total.